The van der Waals surface area contributed by atoms with E-state index in [1.54, 1.807) is 0 Å². The molecule has 3 N–H and O–H groups in total. The second-order valence-corrected chi connectivity index (χ2v) is 7.00. The summed E-state index contributed by atoms with van der Waals surface area (Å²) in [6.07, 6.45) is 1.84. The fourth-order valence-electron chi connectivity index (χ4n) is 3.34. The molecule has 4 nitrogen and oxygen atoms in total. The number of nitrogens with one attached hydrogen (secondary N) is 1. The maximum atomic E-state index is 12.4. The molecule has 1 heterocycles. The third-order valence-electron chi connectivity index (χ3n) is 4.90. The average molecular weight is 374 g/mol. The lowest BCUT2D eigenvalue weighted by Gasteiger charge is -2.31. The molecule has 26 heavy (non-hydrogen) atoms. The number of aryl methyl sites for hydroxylation is 1. The third-order valence-corrected chi connectivity index (χ3v) is 4.90. The Balaban J connectivity index is 0.00000243. The molecular formula is C21H28ClN3O. The number of carbonyl (C=O) groups is 1. The van der Waals surface area contributed by atoms with Crippen molar-refractivity contribution in [1.82, 2.24) is 10.2 Å². The van der Waals surface area contributed by atoms with E-state index < -0.39 is 0 Å². The van der Waals surface area contributed by atoms with Crippen LogP contribution in [0.1, 0.15) is 29.5 Å². The van der Waals surface area contributed by atoms with Crippen molar-refractivity contribution < 1.29 is 4.79 Å². The summed E-state index contributed by atoms with van der Waals surface area (Å²) in [6, 6.07) is 16.3. The Morgan fingerprint density at radius 1 is 1.12 bits per heavy atom. The standard InChI is InChI=1S/C21H27N3O.ClH/c1-16-5-7-17(8-6-16)14-23-21(25)19-9-11-24(12-10-19)15-18-3-2-4-20(22)13-18;/h2-8,13,19H,9-12,14-15,22H2,1H3,(H,23,25);1H. The number of likely N-dealkylation sites (tertiary alicyclic amines) is 1. The van der Waals surface area contributed by atoms with Gasteiger partial charge in [-0.25, -0.2) is 0 Å². The summed E-state index contributed by atoms with van der Waals surface area (Å²) in [6.45, 7) is 5.50. The van der Waals surface area contributed by atoms with Crippen LogP contribution < -0.4 is 11.1 Å². The van der Waals surface area contributed by atoms with Crippen molar-refractivity contribution in [3.05, 3.63) is 65.2 Å². The zero-order valence-corrected chi connectivity index (χ0v) is 16.1. The number of piperidine rings is 1. The number of hydrogen-bond donors (Lipinski definition) is 2. The number of benzene rings is 2. The Bertz CT molecular complexity index is 709. The quantitative estimate of drug-likeness (QED) is 0.788. The molecule has 0 aromatic heterocycles. The fourth-order valence-corrected chi connectivity index (χ4v) is 3.34. The highest BCUT2D eigenvalue weighted by Gasteiger charge is 2.24. The maximum Gasteiger partial charge on any atom is 0.223 e. The minimum Gasteiger partial charge on any atom is -0.399 e. The van der Waals surface area contributed by atoms with Gasteiger partial charge in [-0.15, -0.1) is 12.4 Å². The highest BCUT2D eigenvalue weighted by Crippen LogP contribution is 2.20. The van der Waals surface area contributed by atoms with Gasteiger partial charge in [-0.05, 0) is 56.1 Å². The Morgan fingerprint density at radius 3 is 2.46 bits per heavy atom. The van der Waals surface area contributed by atoms with Gasteiger partial charge >= 0.3 is 0 Å². The third kappa shape index (κ3) is 5.75. The van der Waals surface area contributed by atoms with Crippen LogP contribution >= 0.6 is 12.4 Å². The van der Waals surface area contributed by atoms with Gasteiger partial charge in [0.1, 0.15) is 0 Å². The van der Waals surface area contributed by atoms with Crippen LogP contribution in [0.15, 0.2) is 48.5 Å². The van der Waals surface area contributed by atoms with Crippen LogP contribution in [0, 0.1) is 12.8 Å². The summed E-state index contributed by atoms with van der Waals surface area (Å²) >= 11 is 0. The monoisotopic (exact) mass is 373 g/mol. The molecule has 1 aliphatic rings. The predicted octanol–water partition coefficient (Wildman–Crippen LogP) is 3.53. The largest absolute Gasteiger partial charge is 0.399 e. The molecule has 3 rings (SSSR count). The molecule has 1 fully saturated rings. The van der Waals surface area contributed by atoms with E-state index in [2.05, 4.69) is 47.5 Å². The van der Waals surface area contributed by atoms with Gasteiger partial charge in [0.25, 0.3) is 0 Å². The number of nitrogens with zero attached hydrogens (tertiary/aromatic N) is 1. The van der Waals surface area contributed by atoms with Gasteiger partial charge in [-0.3, -0.25) is 9.69 Å². The summed E-state index contributed by atoms with van der Waals surface area (Å²) in [5, 5.41) is 3.09. The van der Waals surface area contributed by atoms with Crippen LogP contribution in [0.25, 0.3) is 0 Å². The smallest absolute Gasteiger partial charge is 0.223 e. The number of nitrogen functional groups attached to an aromatic ring is 1. The zero-order chi connectivity index (χ0) is 17.6. The molecular weight excluding hydrogens is 346 g/mol. The van der Waals surface area contributed by atoms with Gasteiger partial charge in [0.05, 0.1) is 0 Å². The molecule has 0 aliphatic carbocycles. The number of rotatable bonds is 5. The highest BCUT2D eigenvalue weighted by molar-refractivity contribution is 5.85. The van der Waals surface area contributed by atoms with Crippen LogP contribution in [0.3, 0.4) is 0 Å². The molecule has 1 saturated heterocycles. The molecule has 0 saturated carbocycles. The molecule has 0 unspecified atom stereocenters. The van der Waals surface area contributed by atoms with Crippen LogP contribution in [0.4, 0.5) is 5.69 Å². The second-order valence-electron chi connectivity index (χ2n) is 7.00. The molecule has 2 aromatic rings. The molecule has 2 aromatic carbocycles. The molecule has 1 aliphatic heterocycles. The Morgan fingerprint density at radius 2 is 1.81 bits per heavy atom. The first kappa shape index (κ1) is 20.3. The lowest BCUT2D eigenvalue weighted by atomic mass is 9.95. The van der Waals surface area contributed by atoms with Crippen LogP contribution in [-0.2, 0) is 17.9 Å². The van der Waals surface area contributed by atoms with Crippen molar-refractivity contribution in [2.45, 2.75) is 32.9 Å². The summed E-state index contributed by atoms with van der Waals surface area (Å²) < 4.78 is 0. The van der Waals surface area contributed by atoms with Gasteiger partial charge in [0.2, 0.25) is 5.91 Å². The second kappa shape index (κ2) is 9.60. The average Bonchev–Trinajstić information content (AvgIpc) is 2.62. The van der Waals surface area contributed by atoms with Crippen LogP contribution in [0.5, 0.6) is 0 Å². The summed E-state index contributed by atoms with van der Waals surface area (Å²) in [4.78, 5) is 14.8. The Labute approximate surface area is 162 Å². The van der Waals surface area contributed by atoms with Gasteiger partial charge in [0.15, 0.2) is 0 Å². The van der Waals surface area contributed by atoms with Crippen molar-refractivity contribution in [3.63, 3.8) is 0 Å². The number of carbonyl (C=O) groups excluding carboxylic acids is 1. The normalized spacial score (nSPS) is 15.3. The van der Waals surface area contributed by atoms with E-state index in [0.29, 0.717) is 6.54 Å². The number of halogens is 1. The Kier molecular flexibility index (Phi) is 7.49. The van der Waals surface area contributed by atoms with Gasteiger partial charge in [-0.2, -0.15) is 0 Å². The number of nitrogens with two attached hydrogens (primary N) is 1. The topological polar surface area (TPSA) is 58.4 Å². The first-order valence-corrected chi connectivity index (χ1v) is 9.00. The van der Waals surface area contributed by atoms with Crippen molar-refractivity contribution in [1.29, 1.82) is 0 Å². The van der Waals surface area contributed by atoms with E-state index in [-0.39, 0.29) is 24.2 Å². The molecule has 1 amide bonds. The van der Waals surface area contributed by atoms with Crippen LogP contribution in [-0.4, -0.2) is 23.9 Å². The van der Waals surface area contributed by atoms with E-state index in [9.17, 15) is 4.79 Å². The molecule has 140 valence electrons. The van der Waals surface area contributed by atoms with E-state index >= 15 is 0 Å². The van der Waals surface area contributed by atoms with E-state index in [0.717, 1.165) is 43.7 Å². The summed E-state index contributed by atoms with van der Waals surface area (Å²) in [5.41, 5.74) is 10.3. The van der Waals surface area contributed by atoms with Crippen molar-refractivity contribution in [2.75, 3.05) is 18.8 Å². The lowest BCUT2D eigenvalue weighted by Crippen LogP contribution is -2.40. The molecule has 0 spiro atoms. The predicted molar refractivity (Wildman–Crippen MR) is 109 cm³/mol. The molecule has 5 heteroatoms. The van der Waals surface area contributed by atoms with Gasteiger partial charge < -0.3 is 11.1 Å². The van der Waals surface area contributed by atoms with Crippen LogP contribution in [0.2, 0.25) is 0 Å². The van der Waals surface area contributed by atoms with Gasteiger partial charge in [-0.1, -0.05) is 42.0 Å². The maximum absolute atomic E-state index is 12.4. The first-order valence-electron chi connectivity index (χ1n) is 9.00. The summed E-state index contributed by atoms with van der Waals surface area (Å²) in [7, 11) is 0. The SMILES string of the molecule is Cc1ccc(CNC(=O)C2CCN(Cc3cccc(N)c3)CC2)cc1.Cl. The first-order chi connectivity index (χ1) is 12.1. The van der Waals surface area contributed by atoms with Crippen molar-refractivity contribution in [2.24, 2.45) is 5.92 Å². The van der Waals surface area contributed by atoms with E-state index in [4.69, 9.17) is 5.73 Å². The van der Waals surface area contributed by atoms with Crippen molar-refractivity contribution in [3.8, 4) is 0 Å². The zero-order valence-electron chi connectivity index (χ0n) is 15.3. The molecule has 0 radical (unpaired) electrons. The summed E-state index contributed by atoms with van der Waals surface area (Å²) in [5.74, 6) is 0.312. The molecule has 0 bridgehead atoms. The van der Waals surface area contributed by atoms with E-state index in [1.165, 1.54) is 11.1 Å². The van der Waals surface area contributed by atoms with E-state index in [1.807, 2.05) is 18.2 Å². The minimum atomic E-state index is 0. The lowest BCUT2D eigenvalue weighted by molar-refractivity contribution is -0.126. The molecule has 0 atom stereocenters. The highest BCUT2D eigenvalue weighted by atomic mass is 35.5. The number of hydrogen-bond acceptors (Lipinski definition) is 3. The minimum absolute atomic E-state index is 0. The van der Waals surface area contributed by atoms with Gasteiger partial charge in [0, 0.05) is 24.7 Å². The Hall–Kier alpha value is -2.04. The number of anilines is 1. The number of amides is 1. The van der Waals surface area contributed by atoms with Crippen molar-refractivity contribution >= 4 is 24.0 Å². The fraction of sp³-hybridized carbons (Fsp3) is 0.381.